The molecule has 0 unspecified atom stereocenters. The third-order valence-corrected chi connectivity index (χ3v) is 5.66. The van der Waals surface area contributed by atoms with Crippen molar-refractivity contribution in [3.8, 4) is 5.75 Å². The Morgan fingerprint density at radius 3 is 2.19 bits per heavy atom. The summed E-state index contributed by atoms with van der Waals surface area (Å²) in [5.41, 5.74) is -2.44. The fourth-order valence-electron chi connectivity index (χ4n) is 4.01. The van der Waals surface area contributed by atoms with Gasteiger partial charge in [-0.15, -0.1) is 0 Å². The minimum Gasteiger partial charge on any atom is -0.497 e. The van der Waals surface area contributed by atoms with E-state index in [0.29, 0.717) is 29.1 Å². The van der Waals surface area contributed by atoms with Crippen LogP contribution in [0.2, 0.25) is 0 Å². The van der Waals surface area contributed by atoms with Crippen LogP contribution in [0.1, 0.15) is 41.6 Å². The van der Waals surface area contributed by atoms with Gasteiger partial charge in [0, 0.05) is 18.0 Å². The number of benzene rings is 2. The number of anilines is 1. The van der Waals surface area contributed by atoms with Gasteiger partial charge in [0.1, 0.15) is 5.75 Å². The topological polar surface area (TPSA) is 88.1 Å². The van der Waals surface area contributed by atoms with Crippen molar-refractivity contribution in [1.29, 1.82) is 0 Å². The van der Waals surface area contributed by atoms with E-state index in [1.807, 2.05) is 0 Å². The van der Waals surface area contributed by atoms with E-state index >= 15 is 0 Å². The number of nitrogens with zero attached hydrogens (tertiary/aromatic N) is 1. The van der Waals surface area contributed by atoms with E-state index in [2.05, 4.69) is 5.32 Å². The Balaban J connectivity index is 1.72. The number of fused-ring (bicyclic) bond motifs is 1. The van der Waals surface area contributed by atoms with Gasteiger partial charge in [0.15, 0.2) is 0 Å². The van der Waals surface area contributed by atoms with E-state index in [1.54, 1.807) is 19.1 Å². The first kappa shape index (κ1) is 27.0. The van der Waals surface area contributed by atoms with E-state index in [9.17, 15) is 41.0 Å². The molecule has 1 aliphatic rings. The molecule has 3 rings (SSSR count). The van der Waals surface area contributed by atoms with E-state index in [0.717, 1.165) is 4.90 Å². The predicted molar refractivity (Wildman–Crippen MR) is 115 cm³/mol. The number of ether oxygens (including phenoxy) is 2. The molecule has 0 fully saturated rings. The number of alkyl carbamates (subject to hydrolysis) is 1. The zero-order chi connectivity index (χ0) is 26.8. The molecule has 0 bridgehead atoms. The van der Waals surface area contributed by atoms with Crippen LogP contribution in [0.4, 0.5) is 41.6 Å². The summed E-state index contributed by atoms with van der Waals surface area (Å²) >= 11 is 0. The maximum absolute atomic E-state index is 13.0. The number of halogens is 6. The maximum atomic E-state index is 13.0. The Bertz CT molecular complexity index is 1100. The summed E-state index contributed by atoms with van der Waals surface area (Å²) in [6.07, 6.45) is -12.3. The van der Waals surface area contributed by atoms with Crippen molar-refractivity contribution in [2.45, 2.75) is 44.2 Å². The van der Waals surface area contributed by atoms with Crippen LogP contribution in [0, 0.1) is 0 Å². The van der Waals surface area contributed by atoms with Gasteiger partial charge < -0.3 is 19.9 Å². The van der Waals surface area contributed by atoms with Crippen molar-refractivity contribution >= 4 is 17.9 Å². The molecule has 2 aromatic rings. The van der Waals surface area contributed by atoms with Crippen molar-refractivity contribution in [2.75, 3.05) is 18.6 Å². The number of hydrogen-bond acceptors (Lipinski definition) is 4. The van der Waals surface area contributed by atoms with Crippen molar-refractivity contribution in [3.63, 3.8) is 0 Å². The first-order chi connectivity index (χ1) is 16.7. The standard InChI is InChI=1S/C23H22F6N2O5/c1-12-7-18(17-11-16(35-2)3-4-19(17)31(12)21(33)34)30-20(32)36-6-5-13-8-14(22(24,25)26)10-15(9-13)23(27,28)29/h3-4,8-12,18H,5-7H2,1-2H3,(H,30,32)(H,33,34)/t12-,18+/m1/s1. The summed E-state index contributed by atoms with van der Waals surface area (Å²) in [4.78, 5) is 25.2. The third kappa shape index (κ3) is 6.13. The van der Waals surface area contributed by atoms with E-state index < -0.39 is 60.8 Å². The molecule has 2 aromatic carbocycles. The average Bonchev–Trinajstić information content (AvgIpc) is 2.77. The fourth-order valence-corrected chi connectivity index (χ4v) is 4.01. The molecule has 2 N–H and O–H groups in total. The van der Waals surface area contributed by atoms with E-state index in [-0.39, 0.29) is 18.1 Å². The molecular weight excluding hydrogens is 498 g/mol. The van der Waals surface area contributed by atoms with Crippen molar-refractivity contribution in [2.24, 2.45) is 0 Å². The van der Waals surface area contributed by atoms with Gasteiger partial charge in [-0.3, -0.25) is 4.90 Å². The van der Waals surface area contributed by atoms with Crippen LogP contribution in [0.25, 0.3) is 0 Å². The molecule has 7 nitrogen and oxygen atoms in total. The van der Waals surface area contributed by atoms with Crippen molar-refractivity contribution in [3.05, 3.63) is 58.7 Å². The SMILES string of the molecule is COc1ccc2c(c1)[C@@H](NC(=O)OCCc1cc(C(F)(F)F)cc(C(F)(F)F)c1)C[C@@H](C)N2C(=O)O. The molecule has 36 heavy (non-hydrogen) atoms. The van der Waals surface area contributed by atoms with Crippen LogP contribution >= 0.6 is 0 Å². The molecule has 0 saturated heterocycles. The van der Waals surface area contributed by atoms with Crippen LogP contribution in [0.3, 0.4) is 0 Å². The normalized spacial score (nSPS) is 17.8. The molecule has 2 amide bonds. The number of alkyl halides is 6. The summed E-state index contributed by atoms with van der Waals surface area (Å²) in [6, 6.07) is 4.62. The molecule has 1 heterocycles. The maximum Gasteiger partial charge on any atom is 0.416 e. The second-order valence-corrected chi connectivity index (χ2v) is 8.16. The highest BCUT2D eigenvalue weighted by Crippen LogP contribution is 2.39. The second-order valence-electron chi connectivity index (χ2n) is 8.16. The lowest BCUT2D eigenvalue weighted by Crippen LogP contribution is -2.45. The lowest BCUT2D eigenvalue weighted by molar-refractivity contribution is -0.143. The highest BCUT2D eigenvalue weighted by Gasteiger charge is 2.37. The largest absolute Gasteiger partial charge is 0.497 e. The Morgan fingerprint density at radius 1 is 1.06 bits per heavy atom. The van der Waals surface area contributed by atoms with Gasteiger partial charge in [-0.05, 0) is 55.3 Å². The minimum atomic E-state index is -4.98. The lowest BCUT2D eigenvalue weighted by Gasteiger charge is -2.37. The van der Waals surface area contributed by atoms with Gasteiger partial charge in [0.25, 0.3) is 0 Å². The molecular formula is C23H22F6N2O5. The van der Waals surface area contributed by atoms with Gasteiger partial charge >= 0.3 is 24.5 Å². The van der Waals surface area contributed by atoms with Crippen LogP contribution in [-0.4, -0.2) is 37.1 Å². The zero-order valence-corrected chi connectivity index (χ0v) is 19.0. The number of nitrogens with one attached hydrogen (secondary N) is 1. The fraction of sp³-hybridized carbons (Fsp3) is 0.391. The number of rotatable bonds is 5. The molecule has 0 aromatic heterocycles. The highest BCUT2D eigenvalue weighted by atomic mass is 19.4. The van der Waals surface area contributed by atoms with Crippen molar-refractivity contribution in [1.82, 2.24) is 5.32 Å². The van der Waals surface area contributed by atoms with Gasteiger partial charge in [0.2, 0.25) is 0 Å². The molecule has 196 valence electrons. The second kappa shape index (κ2) is 10.2. The number of carbonyl (C=O) groups excluding carboxylic acids is 1. The quantitative estimate of drug-likeness (QED) is 0.471. The first-order valence-electron chi connectivity index (χ1n) is 10.6. The van der Waals surface area contributed by atoms with Crippen molar-refractivity contribution < 1.29 is 50.5 Å². The summed E-state index contributed by atoms with van der Waals surface area (Å²) in [7, 11) is 1.41. The molecule has 0 spiro atoms. The van der Waals surface area contributed by atoms with Crippen LogP contribution < -0.4 is 15.0 Å². The van der Waals surface area contributed by atoms with Gasteiger partial charge in [-0.2, -0.15) is 26.3 Å². The Kier molecular flexibility index (Phi) is 7.60. The van der Waals surface area contributed by atoms with Crippen LogP contribution in [-0.2, 0) is 23.5 Å². The summed E-state index contributed by atoms with van der Waals surface area (Å²) in [5, 5.41) is 12.1. The summed E-state index contributed by atoms with van der Waals surface area (Å²) < 4.78 is 88.3. The monoisotopic (exact) mass is 520 g/mol. The van der Waals surface area contributed by atoms with E-state index in [1.165, 1.54) is 13.2 Å². The Hall–Kier alpha value is -3.64. The van der Waals surface area contributed by atoms with Crippen LogP contribution in [0.15, 0.2) is 36.4 Å². The number of hydrogen-bond donors (Lipinski definition) is 2. The first-order valence-corrected chi connectivity index (χ1v) is 10.6. The smallest absolute Gasteiger partial charge is 0.416 e. The zero-order valence-electron chi connectivity index (χ0n) is 19.0. The minimum absolute atomic E-state index is 0.0213. The summed E-state index contributed by atoms with van der Waals surface area (Å²) in [5.74, 6) is 0.416. The Morgan fingerprint density at radius 2 is 1.67 bits per heavy atom. The van der Waals surface area contributed by atoms with Crippen LogP contribution in [0.5, 0.6) is 5.75 Å². The number of amides is 2. The lowest BCUT2D eigenvalue weighted by atomic mass is 9.92. The van der Waals surface area contributed by atoms with Gasteiger partial charge in [0.05, 0.1) is 36.6 Å². The number of methoxy groups -OCH3 is 1. The predicted octanol–water partition coefficient (Wildman–Crippen LogP) is 6.02. The number of carbonyl (C=O) groups is 2. The highest BCUT2D eigenvalue weighted by molar-refractivity contribution is 5.89. The molecule has 0 aliphatic carbocycles. The summed E-state index contributed by atoms with van der Waals surface area (Å²) in [6.45, 7) is 1.16. The molecule has 2 atom stereocenters. The third-order valence-electron chi connectivity index (χ3n) is 5.66. The van der Waals surface area contributed by atoms with E-state index in [4.69, 9.17) is 9.47 Å². The van der Waals surface area contributed by atoms with Gasteiger partial charge in [-0.25, -0.2) is 9.59 Å². The number of carboxylic acid groups (broad SMARTS) is 1. The molecule has 1 aliphatic heterocycles. The molecule has 0 saturated carbocycles. The molecule has 0 radical (unpaired) electrons. The van der Waals surface area contributed by atoms with Gasteiger partial charge in [-0.1, -0.05) is 0 Å². The molecule has 13 heteroatoms. The average molecular weight is 520 g/mol. The Labute approximate surface area is 201 Å².